The van der Waals surface area contributed by atoms with Gasteiger partial charge in [-0.2, -0.15) is 0 Å². The van der Waals surface area contributed by atoms with Gasteiger partial charge in [0.1, 0.15) is 16.6 Å². The number of nitrogens with zero attached hydrogens (tertiary/aromatic N) is 1. The monoisotopic (exact) mass is 376 g/mol. The lowest BCUT2D eigenvalue weighted by Gasteiger charge is -2.14. The largest absolute Gasteiger partial charge is 0.506 e. The Bertz CT molecular complexity index is 831. The van der Waals surface area contributed by atoms with Crippen molar-refractivity contribution in [3.63, 3.8) is 0 Å². The van der Waals surface area contributed by atoms with Crippen molar-refractivity contribution >= 4 is 63.2 Å². The molecule has 0 atom stereocenters. The van der Waals surface area contributed by atoms with Gasteiger partial charge in [0.25, 0.3) is 5.91 Å². The van der Waals surface area contributed by atoms with Gasteiger partial charge in [0.2, 0.25) is 5.91 Å². The summed E-state index contributed by atoms with van der Waals surface area (Å²) in [6, 6.07) is 10.2. The first-order valence-electron chi connectivity index (χ1n) is 6.91. The standard InChI is InChI=1S/C16H12N2O3S3/c19-12-6-2-1-5-11(12)17-14(20)9-18-15(21)13(24-16(18)22)8-10-4-3-7-23-10/h1-8,19H,9H2,(H,17,20)/b13-8+. The molecule has 1 saturated heterocycles. The molecule has 1 aromatic carbocycles. The zero-order chi connectivity index (χ0) is 17.1. The van der Waals surface area contributed by atoms with Crippen molar-refractivity contribution in [3.8, 4) is 5.75 Å². The molecular weight excluding hydrogens is 364 g/mol. The average Bonchev–Trinajstić information content (AvgIpc) is 3.14. The van der Waals surface area contributed by atoms with Crippen LogP contribution in [0.1, 0.15) is 4.88 Å². The summed E-state index contributed by atoms with van der Waals surface area (Å²) in [5.41, 5.74) is 0.294. The predicted octanol–water partition coefficient (Wildman–Crippen LogP) is 3.29. The van der Waals surface area contributed by atoms with Crippen molar-refractivity contribution in [3.05, 3.63) is 51.6 Å². The number of thiocarbonyl (C=S) groups is 1. The summed E-state index contributed by atoms with van der Waals surface area (Å²) in [5, 5.41) is 14.2. The molecule has 0 aliphatic carbocycles. The minimum atomic E-state index is -0.426. The van der Waals surface area contributed by atoms with E-state index >= 15 is 0 Å². The Labute approximate surface area is 152 Å². The van der Waals surface area contributed by atoms with Gasteiger partial charge in [-0.05, 0) is 29.7 Å². The maximum atomic E-state index is 12.4. The van der Waals surface area contributed by atoms with Gasteiger partial charge in [0, 0.05) is 4.88 Å². The topological polar surface area (TPSA) is 69.6 Å². The molecule has 1 aromatic heterocycles. The smallest absolute Gasteiger partial charge is 0.266 e. The van der Waals surface area contributed by atoms with E-state index in [1.807, 2.05) is 17.5 Å². The number of para-hydroxylation sites is 2. The molecule has 2 heterocycles. The second kappa shape index (κ2) is 7.16. The van der Waals surface area contributed by atoms with Crippen LogP contribution in [0.15, 0.2) is 46.7 Å². The van der Waals surface area contributed by atoms with Crippen LogP contribution >= 0.6 is 35.3 Å². The van der Waals surface area contributed by atoms with Gasteiger partial charge in [0.05, 0.1) is 10.6 Å². The van der Waals surface area contributed by atoms with E-state index in [9.17, 15) is 14.7 Å². The highest BCUT2D eigenvalue weighted by atomic mass is 32.2. The zero-order valence-corrected chi connectivity index (χ0v) is 14.7. The average molecular weight is 376 g/mol. The summed E-state index contributed by atoms with van der Waals surface area (Å²) < 4.78 is 0.343. The number of carbonyl (C=O) groups is 2. The van der Waals surface area contributed by atoms with E-state index < -0.39 is 5.91 Å². The molecule has 24 heavy (non-hydrogen) atoms. The fraction of sp³-hybridized carbons (Fsp3) is 0.0625. The van der Waals surface area contributed by atoms with Crippen LogP contribution in [0, 0.1) is 0 Å². The van der Waals surface area contributed by atoms with Crippen molar-refractivity contribution in [2.24, 2.45) is 0 Å². The van der Waals surface area contributed by atoms with Gasteiger partial charge in [-0.1, -0.05) is 42.2 Å². The van der Waals surface area contributed by atoms with Gasteiger partial charge in [-0.3, -0.25) is 14.5 Å². The van der Waals surface area contributed by atoms with Crippen LogP contribution in [0.4, 0.5) is 5.69 Å². The number of nitrogens with one attached hydrogen (secondary N) is 1. The summed E-state index contributed by atoms with van der Waals surface area (Å²) in [6.45, 7) is -0.194. The van der Waals surface area contributed by atoms with Gasteiger partial charge >= 0.3 is 0 Å². The molecular formula is C16H12N2O3S3. The van der Waals surface area contributed by atoms with Crippen molar-refractivity contribution < 1.29 is 14.7 Å². The number of carbonyl (C=O) groups excluding carboxylic acids is 2. The Morgan fingerprint density at radius 2 is 2.08 bits per heavy atom. The number of anilines is 1. The molecule has 0 unspecified atom stereocenters. The van der Waals surface area contributed by atoms with Crippen LogP contribution in [-0.2, 0) is 9.59 Å². The normalized spacial score (nSPS) is 16.0. The summed E-state index contributed by atoms with van der Waals surface area (Å²) in [5.74, 6) is -0.746. The molecule has 0 radical (unpaired) electrons. The number of hydrogen-bond donors (Lipinski definition) is 2. The van der Waals surface area contributed by atoms with Crippen LogP contribution in [0.2, 0.25) is 0 Å². The molecule has 0 bridgehead atoms. The molecule has 1 aliphatic heterocycles. The van der Waals surface area contributed by atoms with Gasteiger partial charge < -0.3 is 10.4 Å². The SMILES string of the molecule is O=C(CN1C(=O)/C(=C\c2cccs2)SC1=S)Nc1ccccc1O. The molecule has 2 amide bonds. The van der Waals surface area contributed by atoms with Crippen LogP contribution < -0.4 is 5.32 Å². The lowest BCUT2D eigenvalue weighted by molar-refractivity contribution is -0.126. The zero-order valence-electron chi connectivity index (χ0n) is 12.3. The predicted molar refractivity (Wildman–Crippen MR) is 101 cm³/mol. The van der Waals surface area contributed by atoms with E-state index in [4.69, 9.17) is 12.2 Å². The molecule has 2 aromatic rings. The van der Waals surface area contributed by atoms with Crippen molar-refractivity contribution in [2.75, 3.05) is 11.9 Å². The Hall–Kier alpha value is -2.16. The highest BCUT2D eigenvalue weighted by molar-refractivity contribution is 8.26. The maximum absolute atomic E-state index is 12.4. The van der Waals surface area contributed by atoms with E-state index in [-0.39, 0.29) is 18.2 Å². The van der Waals surface area contributed by atoms with Gasteiger partial charge in [0.15, 0.2) is 0 Å². The number of rotatable bonds is 4. The molecule has 5 nitrogen and oxygen atoms in total. The number of thiophene rings is 1. The minimum Gasteiger partial charge on any atom is -0.506 e. The minimum absolute atomic E-state index is 0.0335. The second-order valence-corrected chi connectivity index (χ2v) is 7.50. The number of phenolic OH excluding ortho intramolecular Hbond substituents is 1. The number of amides is 2. The molecule has 3 rings (SSSR count). The number of benzene rings is 1. The fourth-order valence-corrected chi connectivity index (χ4v) is 4.03. The van der Waals surface area contributed by atoms with Crippen LogP contribution in [0.3, 0.4) is 0 Å². The molecule has 1 fully saturated rings. The fourth-order valence-electron chi connectivity index (χ4n) is 2.05. The third kappa shape index (κ3) is 3.66. The number of phenols is 1. The Kier molecular flexibility index (Phi) is 4.98. The summed E-state index contributed by atoms with van der Waals surface area (Å²) in [7, 11) is 0. The summed E-state index contributed by atoms with van der Waals surface area (Å²) >= 11 is 7.90. The highest BCUT2D eigenvalue weighted by Crippen LogP contribution is 2.33. The first-order valence-corrected chi connectivity index (χ1v) is 9.02. The molecule has 0 saturated carbocycles. The van der Waals surface area contributed by atoms with E-state index in [1.54, 1.807) is 24.3 Å². The highest BCUT2D eigenvalue weighted by Gasteiger charge is 2.33. The van der Waals surface area contributed by atoms with E-state index in [0.29, 0.717) is 14.9 Å². The first-order chi connectivity index (χ1) is 11.5. The summed E-state index contributed by atoms with van der Waals surface area (Å²) in [4.78, 5) is 27.3. The van der Waals surface area contributed by atoms with Crippen LogP contribution in [0.5, 0.6) is 5.75 Å². The Morgan fingerprint density at radius 3 is 2.79 bits per heavy atom. The van der Waals surface area contributed by atoms with Crippen molar-refractivity contribution in [2.45, 2.75) is 0 Å². The van der Waals surface area contributed by atoms with Crippen molar-refractivity contribution in [1.29, 1.82) is 0 Å². The third-order valence-corrected chi connectivity index (χ3v) is 5.37. The second-order valence-electron chi connectivity index (χ2n) is 4.85. The Balaban J connectivity index is 1.69. The maximum Gasteiger partial charge on any atom is 0.266 e. The first kappa shape index (κ1) is 16.7. The van der Waals surface area contributed by atoms with Crippen LogP contribution in [0.25, 0.3) is 6.08 Å². The number of hydrogen-bond acceptors (Lipinski definition) is 6. The van der Waals surface area contributed by atoms with E-state index in [1.165, 1.54) is 34.1 Å². The van der Waals surface area contributed by atoms with Crippen LogP contribution in [-0.4, -0.2) is 32.7 Å². The number of thioether (sulfide) groups is 1. The lowest BCUT2D eigenvalue weighted by atomic mass is 10.3. The molecule has 8 heteroatoms. The summed E-state index contributed by atoms with van der Waals surface area (Å²) in [6.07, 6.45) is 1.77. The molecule has 122 valence electrons. The quantitative estimate of drug-likeness (QED) is 0.487. The number of aromatic hydroxyl groups is 1. The molecule has 2 N–H and O–H groups in total. The third-order valence-electron chi connectivity index (χ3n) is 3.17. The van der Waals surface area contributed by atoms with E-state index in [2.05, 4.69) is 5.32 Å². The van der Waals surface area contributed by atoms with E-state index in [0.717, 1.165) is 4.88 Å². The molecule has 1 aliphatic rings. The Morgan fingerprint density at radius 1 is 1.29 bits per heavy atom. The lowest BCUT2D eigenvalue weighted by Crippen LogP contribution is -2.36. The van der Waals surface area contributed by atoms with Crippen molar-refractivity contribution in [1.82, 2.24) is 4.90 Å². The van der Waals surface area contributed by atoms with Gasteiger partial charge in [-0.25, -0.2) is 0 Å². The van der Waals surface area contributed by atoms with Gasteiger partial charge in [-0.15, -0.1) is 11.3 Å². The molecule has 0 spiro atoms.